The third-order valence-electron chi connectivity index (χ3n) is 4.01. The number of fused-ring (bicyclic) bond motifs is 2. The minimum Gasteiger partial charge on any atom is -0.371 e. The van der Waals surface area contributed by atoms with E-state index in [0.29, 0.717) is 12.2 Å². The van der Waals surface area contributed by atoms with E-state index in [1.54, 1.807) is 0 Å². The van der Waals surface area contributed by atoms with Crippen molar-refractivity contribution in [2.75, 3.05) is 25.0 Å². The fourth-order valence-corrected chi connectivity index (χ4v) is 3.26. The van der Waals surface area contributed by atoms with Crippen LogP contribution in [0.3, 0.4) is 0 Å². The Morgan fingerprint density at radius 1 is 1.33 bits per heavy atom. The Hall–Kier alpha value is -1.07. The van der Waals surface area contributed by atoms with E-state index in [-0.39, 0.29) is 0 Å². The van der Waals surface area contributed by atoms with Crippen molar-refractivity contribution in [2.24, 2.45) is 7.05 Å². The number of ether oxygens (including phenoxy) is 1. The summed E-state index contributed by atoms with van der Waals surface area (Å²) in [5, 5.41) is 7.81. The predicted octanol–water partition coefficient (Wildman–Crippen LogP) is 0.816. The van der Waals surface area contributed by atoms with Crippen LogP contribution in [0.4, 0.5) is 5.82 Å². The van der Waals surface area contributed by atoms with Crippen molar-refractivity contribution in [3.63, 3.8) is 0 Å². The van der Waals surface area contributed by atoms with Gasteiger partial charge in [0.05, 0.1) is 17.9 Å². The van der Waals surface area contributed by atoms with E-state index in [1.165, 1.54) is 24.2 Å². The van der Waals surface area contributed by atoms with Crippen LogP contribution in [0.2, 0.25) is 0 Å². The maximum absolute atomic E-state index is 5.91. The van der Waals surface area contributed by atoms with Crippen molar-refractivity contribution in [2.45, 2.75) is 38.5 Å². The van der Waals surface area contributed by atoms with Crippen LogP contribution in [0.5, 0.6) is 0 Å². The monoisotopic (exact) mass is 250 g/mol. The maximum atomic E-state index is 5.91. The summed E-state index contributed by atoms with van der Waals surface area (Å²) in [7, 11) is 4.03. The van der Waals surface area contributed by atoms with Crippen LogP contribution in [-0.4, -0.2) is 42.1 Å². The number of rotatable bonds is 3. The second-order valence-corrected chi connectivity index (χ2v) is 5.40. The second-order valence-electron chi connectivity index (χ2n) is 5.40. The zero-order valence-electron chi connectivity index (χ0n) is 11.4. The normalized spacial score (nSPS) is 26.9. The zero-order valence-corrected chi connectivity index (χ0v) is 11.4. The minimum atomic E-state index is 0.418. The highest BCUT2D eigenvalue weighted by Gasteiger charge is 2.35. The number of hydrogen-bond acceptors (Lipinski definition) is 4. The van der Waals surface area contributed by atoms with Crippen LogP contribution in [0, 0.1) is 6.92 Å². The molecule has 1 N–H and O–H groups in total. The summed E-state index contributed by atoms with van der Waals surface area (Å²) in [6.07, 6.45) is 3.25. The van der Waals surface area contributed by atoms with Gasteiger partial charge in [0.1, 0.15) is 5.82 Å². The highest BCUT2D eigenvalue weighted by atomic mass is 16.5. The van der Waals surface area contributed by atoms with Gasteiger partial charge in [-0.15, -0.1) is 0 Å². The van der Waals surface area contributed by atoms with Crippen molar-refractivity contribution >= 4 is 5.82 Å². The summed E-state index contributed by atoms with van der Waals surface area (Å²) >= 11 is 0. The van der Waals surface area contributed by atoms with E-state index < -0.39 is 0 Å². The van der Waals surface area contributed by atoms with Crippen LogP contribution in [0.1, 0.15) is 24.1 Å². The van der Waals surface area contributed by atoms with E-state index in [2.05, 4.69) is 22.2 Å². The molecule has 2 bridgehead atoms. The molecule has 2 fully saturated rings. The number of anilines is 1. The Balaban J connectivity index is 1.91. The molecule has 1 aromatic rings. The molecule has 0 aromatic carbocycles. The Kier molecular flexibility index (Phi) is 3.03. The van der Waals surface area contributed by atoms with Gasteiger partial charge < -0.3 is 15.0 Å². The summed E-state index contributed by atoms with van der Waals surface area (Å²) in [4.78, 5) is 2.46. The van der Waals surface area contributed by atoms with E-state index in [4.69, 9.17) is 4.74 Å². The highest BCUT2D eigenvalue weighted by Crippen LogP contribution is 2.32. The molecule has 0 radical (unpaired) electrons. The first-order valence-electron chi connectivity index (χ1n) is 6.76. The number of nitrogens with zero attached hydrogens (tertiary/aromatic N) is 3. The molecule has 5 heteroatoms. The van der Waals surface area contributed by atoms with Crippen LogP contribution < -0.4 is 10.2 Å². The van der Waals surface area contributed by atoms with Crippen LogP contribution in [-0.2, 0) is 18.3 Å². The molecule has 0 saturated carbocycles. The lowest BCUT2D eigenvalue weighted by Gasteiger charge is -2.34. The molecule has 0 spiro atoms. The standard InChI is InChI=1S/C13H22N4O/c1-9-12(6-14-2)13(16(3)15-9)17-7-10-4-5-11(8-17)18-10/h10-11,14H,4-8H2,1-3H3. The van der Waals surface area contributed by atoms with Crippen molar-refractivity contribution < 1.29 is 4.74 Å². The number of aryl methyl sites for hydroxylation is 2. The van der Waals surface area contributed by atoms with Crippen molar-refractivity contribution in [1.29, 1.82) is 0 Å². The number of morpholine rings is 1. The number of hydrogen-bond donors (Lipinski definition) is 1. The summed E-state index contributed by atoms with van der Waals surface area (Å²) in [5.41, 5.74) is 2.45. The van der Waals surface area contributed by atoms with Crippen molar-refractivity contribution in [3.8, 4) is 0 Å². The second kappa shape index (κ2) is 4.55. The largest absolute Gasteiger partial charge is 0.371 e. The van der Waals surface area contributed by atoms with Gasteiger partial charge in [-0.1, -0.05) is 0 Å². The Morgan fingerprint density at radius 2 is 2.00 bits per heavy atom. The molecular weight excluding hydrogens is 228 g/mol. The van der Waals surface area contributed by atoms with Gasteiger partial charge in [-0.05, 0) is 26.8 Å². The topological polar surface area (TPSA) is 42.3 Å². The molecule has 3 heterocycles. The first-order valence-corrected chi connectivity index (χ1v) is 6.76. The van der Waals surface area contributed by atoms with E-state index in [0.717, 1.165) is 25.3 Å². The molecule has 18 heavy (non-hydrogen) atoms. The van der Waals surface area contributed by atoms with Gasteiger partial charge in [0.25, 0.3) is 0 Å². The molecule has 2 saturated heterocycles. The first-order chi connectivity index (χ1) is 8.69. The lowest BCUT2D eigenvalue weighted by molar-refractivity contribution is 0.0299. The predicted molar refractivity (Wildman–Crippen MR) is 70.8 cm³/mol. The first kappa shape index (κ1) is 12.0. The van der Waals surface area contributed by atoms with Gasteiger partial charge in [-0.2, -0.15) is 5.10 Å². The molecular formula is C13H22N4O. The third kappa shape index (κ3) is 1.91. The van der Waals surface area contributed by atoms with Gasteiger partial charge >= 0.3 is 0 Å². The fourth-order valence-electron chi connectivity index (χ4n) is 3.26. The fraction of sp³-hybridized carbons (Fsp3) is 0.769. The summed E-state index contributed by atoms with van der Waals surface area (Å²) in [6.45, 7) is 4.98. The number of aromatic nitrogens is 2. The highest BCUT2D eigenvalue weighted by molar-refractivity contribution is 5.51. The third-order valence-corrected chi connectivity index (χ3v) is 4.01. The van der Waals surface area contributed by atoms with E-state index in [1.807, 2.05) is 18.8 Å². The Bertz CT molecular complexity index is 430. The Morgan fingerprint density at radius 3 is 2.61 bits per heavy atom. The smallest absolute Gasteiger partial charge is 0.131 e. The van der Waals surface area contributed by atoms with Crippen molar-refractivity contribution in [1.82, 2.24) is 15.1 Å². The molecule has 5 nitrogen and oxygen atoms in total. The lowest BCUT2D eigenvalue weighted by Crippen LogP contribution is -2.44. The van der Waals surface area contributed by atoms with Gasteiger partial charge in [-0.25, -0.2) is 0 Å². The van der Waals surface area contributed by atoms with Crippen molar-refractivity contribution in [3.05, 3.63) is 11.3 Å². The number of nitrogens with one attached hydrogen (secondary N) is 1. The minimum absolute atomic E-state index is 0.418. The zero-order chi connectivity index (χ0) is 12.7. The quantitative estimate of drug-likeness (QED) is 0.862. The molecule has 3 rings (SSSR count). The molecule has 0 amide bonds. The Labute approximate surface area is 108 Å². The van der Waals surface area contributed by atoms with Gasteiger partial charge in [0, 0.05) is 32.2 Å². The summed E-state index contributed by atoms with van der Waals surface area (Å²) < 4.78 is 7.93. The molecule has 2 atom stereocenters. The molecule has 2 aliphatic heterocycles. The maximum Gasteiger partial charge on any atom is 0.131 e. The molecule has 100 valence electrons. The van der Waals surface area contributed by atoms with Crippen LogP contribution in [0.25, 0.3) is 0 Å². The van der Waals surface area contributed by atoms with Gasteiger partial charge in [-0.3, -0.25) is 4.68 Å². The molecule has 2 unspecified atom stereocenters. The van der Waals surface area contributed by atoms with Gasteiger partial charge in [0.15, 0.2) is 0 Å². The average molecular weight is 250 g/mol. The lowest BCUT2D eigenvalue weighted by atomic mass is 10.2. The van der Waals surface area contributed by atoms with Crippen LogP contribution in [0.15, 0.2) is 0 Å². The van der Waals surface area contributed by atoms with Gasteiger partial charge in [0.2, 0.25) is 0 Å². The molecule has 2 aliphatic rings. The van der Waals surface area contributed by atoms with E-state index >= 15 is 0 Å². The van der Waals surface area contributed by atoms with E-state index in [9.17, 15) is 0 Å². The molecule has 1 aromatic heterocycles. The SMILES string of the molecule is CNCc1c(C)nn(C)c1N1CC2CCC(C1)O2. The summed E-state index contributed by atoms with van der Waals surface area (Å²) in [6, 6.07) is 0. The molecule has 0 aliphatic carbocycles. The summed E-state index contributed by atoms with van der Waals surface area (Å²) in [5.74, 6) is 1.27. The average Bonchev–Trinajstić information content (AvgIpc) is 2.80. The van der Waals surface area contributed by atoms with Crippen LogP contribution >= 0.6 is 0 Å².